The zero-order valence-electron chi connectivity index (χ0n) is 20.3. The Morgan fingerprint density at radius 1 is 0.972 bits per heavy atom. The molecule has 1 aliphatic heterocycles. The third kappa shape index (κ3) is 4.40. The molecule has 0 spiro atoms. The minimum absolute atomic E-state index is 0.0109. The van der Waals surface area contributed by atoms with Crippen molar-refractivity contribution in [3.8, 4) is 0 Å². The molecule has 7 nitrogen and oxygen atoms in total. The number of pyridine rings is 1. The van der Waals surface area contributed by atoms with Gasteiger partial charge in [-0.2, -0.15) is 0 Å². The van der Waals surface area contributed by atoms with Gasteiger partial charge in [0.1, 0.15) is 5.56 Å². The summed E-state index contributed by atoms with van der Waals surface area (Å²) in [5.41, 5.74) is 2.98. The molecule has 184 valence electrons. The summed E-state index contributed by atoms with van der Waals surface area (Å²) in [4.78, 5) is 44.3. The van der Waals surface area contributed by atoms with E-state index in [1.54, 1.807) is 4.57 Å². The van der Waals surface area contributed by atoms with Crippen molar-refractivity contribution in [2.45, 2.75) is 13.5 Å². The minimum atomic E-state index is -0.655. The monoisotopic (exact) mass is 501 g/mol. The normalized spacial score (nSPS) is 13.7. The average molecular weight is 502 g/mol. The zero-order valence-corrected chi connectivity index (χ0v) is 21.1. The van der Waals surface area contributed by atoms with Crippen LogP contribution in [-0.2, 0) is 11.3 Å². The first kappa shape index (κ1) is 23.8. The van der Waals surface area contributed by atoms with Crippen LogP contribution in [0.2, 0.25) is 0 Å². The molecule has 0 atom stereocenters. The van der Waals surface area contributed by atoms with Gasteiger partial charge in [-0.3, -0.25) is 9.59 Å². The van der Waals surface area contributed by atoms with E-state index in [0.29, 0.717) is 43.3 Å². The predicted molar refractivity (Wildman–Crippen MR) is 142 cm³/mol. The van der Waals surface area contributed by atoms with Gasteiger partial charge in [-0.15, -0.1) is 11.3 Å². The lowest BCUT2D eigenvalue weighted by Crippen LogP contribution is -2.49. The first-order valence-corrected chi connectivity index (χ1v) is 12.7. The maximum atomic E-state index is 13.8. The number of hydrogen-bond donors (Lipinski definition) is 0. The van der Waals surface area contributed by atoms with Crippen molar-refractivity contribution in [2.75, 3.05) is 38.2 Å². The van der Waals surface area contributed by atoms with Gasteiger partial charge in [-0.05, 0) is 36.1 Å². The number of carbonyl (C=O) groups excluding carboxylic acids is 2. The molecular formula is C28H27N3O4S. The standard InChI is InChI=1S/C28H27N3O4S/c1-19-10-11-22-21(17-19)25(29-12-14-30(15-13-29)26(32)23-9-6-16-36-23)24(28(34)35-2)27(33)31(22)18-20-7-4-3-5-8-20/h3-11,16-17H,12-15,18H2,1-2H3. The highest BCUT2D eigenvalue weighted by Gasteiger charge is 2.30. The molecule has 0 N–H and O–H groups in total. The number of amides is 1. The Labute approximate surface area is 213 Å². The second-order valence-electron chi connectivity index (χ2n) is 8.87. The third-order valence-electron chi connectivity index (χ3n) is 6.58. The number of piperazine rings is 1. The number of nitrogens with zero attached hydrogens (tertiary/aromatic N) is 3. The van der Waals surface area contributed by atoms with Crippen molar-refractivity contribution in [3.05, 3.63) is 98.0 Å². The van der Waals surface area contributed by atoms with Crippen LogP contribution in [0, 0.1) is 6.92 Å². The molecule has 0 aliphatic carbocycles. The zero-order chi connectivity index (χ0) is 25.2. The fourth-order valence-electron chi connectivity index (χ4n) is 4.78. The van der Waals surface area contributed by atoms with Crippen LogP contribution in [-0.4, -0.2) is 54.6 Å². The fourth-order valence-corrected chi connectivity index (χ4v) is 5.47. The van der Waals surface area contributed by atoms with Crippen molar-refractivity contribution in [3.63, 3.8) is 0 Å². The van der Waals surface area contributed by atoms with Gasteiger partial charge in [-0.1, -0.05) is 48.0 Å². The van der Waals surface area contributed by atoms with E-state index in [4.69, 9.17) is 4.74 Å². The molecule has 1 saturated heterocycles. The summed E-state index contributed by atoms with van der Waals surface area (Å²) in [6, 6.07) is 19.3. The summed E-state index contributed by atoms with van der Waals surface area (Å²) < 4.78 is 6.75. The highest BCUT2D eigenvalue weighted by Crippen LogP contribution is 2.32. The van der Waals surface area contributed by atoms with Crippen LogP contribution in [0.25, 0.3) is 10.9 Å². The number of aromatic nitrogens is 1. The molecule has 1 amide bonds. The second-order valence-corrected chi connectivity index (χ2v) is 9.82. The molecule has 3 heterocycles. The maximum absolute atomic E-state index is 13.8. The minimum Gasteiger partial charge on any atom is -0.465 e. The summed E-state index contributed by atoms with van der Waals surface area (Å²) in [5.74, 6) is -0.644. The Balaban J connectivity index is 1.60. The summed E-state index contributed by atoms with van der Waals surface area (Å²) >= 11 is 1.43. The molecule has 1 fully saturated rings. The van der Waals surface area contributed by atoms with Crippen LogP contribution in [0.5, 0.6) is 0 Å². The lowest BCUT2D eigenvalue weighted by Gasteiger charge is -2.37. The third-order valence-corrected chi connectivity index (χ3v) is 7.44. The van der Waals surface area contributed by atoms with Gasteiger partial charge in [0.05, 0.1) is 29.7 Å². The number of carbonyl (C=O) groups is 2. The van der Waals surface area contributed by atoms with E-state index >= 15 is 0 Å². The highest BCUT2D eigenvalue weighted by atomic mass is 32.1. The van der Waals surface area contributed by atoms with Gasteiger partial charge in [0, 0.05) is 31.6 Å². The van der Waals surface area contributed by atoms with Crippen molar-refractivity contribution in [1.82, 2.24) is 9.47 Å². The van der Waals surface area contributed by atoms with Gasteiger partial charge in [0.2, 0.25) is 0 Å². The average Bonchev–Trinajstić information content (AvgIpc) is 3.45. The molecular weight excluding hydrogens is 474 g/mol. The molecule has 0 bridgehead atoms. The number of fused-ring (bicyclic) bond motifs is 1. The van der Waals surface area contributed by atoms with E-state index < -0.39 is 5.97 Å². The number of rotatable bonds is 5. The van der Waals surface area contributed by atoms with Crippen molar-refractivity contribution in [1.29, 1.82) is 0 Å². The van der Waals surface area contributed by atoms with E-state index in [9.17, 15) is 14.4 Å². The van der Waals surface area contributed by atoms with Crippen LogP contribution in [0.3, 0.4) is 0 Å². The second kappa shape index (κ2) is 9.99. The summed E-state index contributed by atoms with van der Waals surface area (Å²) in [6.45, 7) is 4.34. The number of anilines is 1. The van der Waals surface area contributed by atoms with Crippen molar-refractivity contribution < 1.29 is 14.3 Å². The molecule has 0 radical (unpaired) electrons. The van der Waals surface area contributed by atoms with Crippen LogP contribution in [0.1, 0.15) is 31.2 Å². The first-order valence-electron chi connectivity index (χ1n) is 11.8. The molecule has 0 saturated carbocycles. The van der Waals surface area contributed by atoms with Crippen molar-refractivity contribution >= 4 is 39.8 Å². The fraction of sp³-hybridized carbons (Fsp3) is 0.250. The Morgan fingerprint density at radius 2 is 1.72 bits per heavy atom. The Hall–Kier alpha value is -3.91. The predicted octanol–water partition coefficient (Wildman–Crippen LogP) is 4.17. The van der Waals surface area contributed by atoms with Gasteiger partial charge < -0.3 is 19.1 Å². The van der Waals surface area contributed by atoms with Gasteiger partial charge in [0.15, 0.2) is 0 Å². The molecule has 4 aromatic rings. The lowest BCUT2D eigenvalue weighted by atomic mass is 10.0. The number of ether oxygens (including phenoxy) is 1. The summed E-state index contributed by atoms with van der Waals surface area (Å²) in [6.07, 6.45) is 0. The largest absolute Gasteiger partial charge is 0.465 e. The molecule has 2 aromatic carbocycles. The summed E-state index contributed by atoms with van der Waals surface area (Å²) in [5, 5.41) is 2.72. The SMILES string of the molecule is COC(=O)c1c(N2CCN(C(=O)c3cccs3)CC2)c2cc(C)ccc2n(Cc2ccccc2)c1=O. The van der Waals surface area contributed by atoms with Gasteiger partial charge in [0.25, 0.3) is 11.5 Å². The van der Waals surface area contributed by atoms with Crippen LogP contribution in [0.4, 0.5) is 5.69 Å². The van der Waals surface area contributed by atoms with Crippen LogP contribution >= 0.6 is 11.3 Å². The summed E-state index contributed by atoms with van der Waals surface area (Å²) in [7, 11) is 1.30. The number of thiophene rings is 1. The Kier molecular flexibility index (Phi) is 6.61. The lowest BCUT2D eigenvalue weighted by molar-refractivity contribution is 0.0597. The van der Waals surface area contributed by atoms with E-state index in [1.807, 2.05) is 82.8 Å². The molecule has 36 heavy (non-hydrogen) atoms. The van der Waals surface area contributed by atoms with Gasteiger partial charge >= 0.3 is 5.97 Å². The molecule has 5 rings (SSSR count). The van der Waals surface area contributed by atoms with Crippen LogP contribution in [0.15, 0.2) is 70.8 Å². The number of hydrogen-bond acceptors (Lipinski definition) is 6. The van der Waals surface area contributed by atoms with E-state index in [0.717, 1.165) is 22.0 Å². The van der Waals surface area contributed by atoms with E-state index in [1.165, 1.54) is 18.4 Å². The molecule has 8 heteroatoms. The molecule has 1 aliphatic rings. The van der Waals surface area contributed by atoms with E-state index in [-0.39, 0.29) is 17.0 Å². The number of benzene rings is 2. The smallest absolute Gasteiger partial charge is 0.345 e. The van der Waals surface area contributed by atoms with Crippen LogP contribution < -0.4 is 10.5 Å². The highest BCUT2D eigenvalue weighted by molar-refractivity contribution is 7.12. The molecule has 2 aromatic heterocycles. The quantitative estimate of drug-likeness (QED) is 0.384. The van der Waals surface area contributed by atoms with Gasteiger partial charge in [-0.25, -0.2) is 4.79 Å². The topological polar surface area (TPSA) is 71.8 Å². The van der Waals surface area contributed by atoms with E-state index in [2.05, 4.69) is 0 Å². The number of esters is 1. The first-order chi connectivity index (χ1) is 17.5. The Bertz CT molecular complexity index is 1470. The van der Waals surface area contributed by atoms with Crippen molar-refractivity contribution in [2.24, 2.45) is 0 Å². The Morgan fingerprint density at radius 3 is 2.39 bits per heavy atom. The maximum Gasteiger partial charge on any atom is 0.345 e. The molecule has 0 unspecified atom stereocenters. The number of aryl methyl sites for hydroxylation is 1. The number of methoxy groups -OCH3 is 1.